The Labute approximate surface area is 81.7 Å². The zero-order valence-electron chi connectivity index (χ0n) is 8.93. The lowest BCUT2D eigenvalue weighted by atomic mass is 9.88. The molecule has 0 amide bonds. The number of terminal acetylenes is 1. The van der Waals surface area contributed by atoms with Crippen molar-refractivity contribution in [2.24, 2.45) is 5.41 Å². The maximum atomic E-state index is 9.15. The SMILES string of the molecule is C#CCC(C)NCC(C)(CC)CO. The minimum atomic E-state index is -0.0111. The molecular formula is C11H21NO. The average molecular weight is 183 g/mol. The summed E-state index contributed by atoms with van der Waals surface area (Å²) in [6.07, 6.45) is 6.91. The summed E-state index contributed by atoms with van der Waals surface area (Å²) in [5.41, 5.74) is -0.0111. The van der Waals surface area contributed by atoms with E-state index in [2.05, 4.69) is 32.0 Å². The molecule has 0 aromatic heterocycles. The molecule has 0 aliphatic rings. The van der Waals surface area contributed by atoms with Crippen LogP contribution in [0.15, 0.2) is 0 Å². The van der Waals surface area contributed by atoms with Crippen LogP contribution in [0.25, 0.3) is 0 Å². The van der Waals surface area contributed by atoms with Gasteiger partial charge in [-0.2, -0.15) is 0 Å². The first-order chi connectivity index (χ1) is 6.08. The van der Waals surface area contributed by atoms with Crippen molar-refractivity contribution in [2.75, 3.05) is 13.2 Å². The molecule has 76 valence electrons. The second-order valence-electron chi connectivity index (χ2n) is 4.01. The van der Waals surface area contributed by atoms with Crippen LogP contribution in [0, 0.1) is 17.8 Å². The molecular weight excluding hydrogens is 162 g/mol. The minimum absolute atomic E-state index is 0.0111. The summed E-state index contributed by atoms with van der Waals surface area (Å²) in [4.78, 5) is 0. The van der Waals surface area contributed by atoms with Gasteiger partial charge >= 0.3 is 0 Å². The van der Waals surface area contributed by atoms with Gasteiger partial charge in [-0.15, -0.1) is 12.3 Å². The topological polar surface area (TPSA) is 32.3 Å². The molecule has 0 radical (unpaired) electrons. The zero-order valence-corrected chi connectivity index (χ0v) is 8.93. The van der Waals surface area contributed by atoms with Crippen molar-refractivity contribution in [1.29, 1.82) is 0 Å². The first kappa shape index (κ1) is 12.5. The zero-order chi connectivity index (χ0) is 10.3. The summed E-state index contributed by atoms with van der Waals surface area (Å²) in [5.74, 6) is 2.61. The van der Waals surface area contributed by atoms with Crippen LogP contribution in [0.5, 0.6) is 0 Å². The molecule has 0 heterocycles. The monoisotopic (exact) mass is 183 g/mol. The summed E-state index contributed by atoms with van der Waals surface area (Å²) < 4.78 is 0. The van der Waals surface area contributed by atoms with Gasteiger partial charge in [0, 0.05) is 31.0 Å². The van der Waals surface area contributed by atoms with Crippen LogP contribution in [0.4, 0.5) is 0 Å². The normalized spacial score (nSPS) is 17.5. The van der Waals surface area contributed by atoms with E-state index >= 15 is 0 Å². The molecule has 0 saturated heterocycles. The number of rotatable bonds is 6. The molecule has 2 nitrogen and oxygen atoms in total. The number of hydrogen-bond donors (Lipinski definition) is 2. The van der Waals surface area contributed by atoms with Crippen LogP contribution >= 0.6 is 0 Å². The first-order valence-electron chi connectivity index (χ1n) is 4.85. The second kappa shape index (κ2) is 6.01. The fourth-order valence-corrected chi connectivity index (χ4v) is 0.962. The largest absolute Gasteiger partial charge is 0.396 e. The van der Waals surface area contributed by atoms with Crippen molar-refractivity contribution in [3.63, 3.8) is 0 Å². The Morgan fingerprint density at radius 2 is 2.23 bits per heavy atom. The van der Waals surface area contributed by atoms with E-state index in [0.717, 1.165) is 19.4 Å². The van der Waals surface area contributed by atoms with Gasteiger partial charge in [0.25, 0.3) is 0 Å². The highest BCUT2D eigenvalue weighted by molar-refractivity contribution is 4.89. The van der Waals surface area contributed by atoms with E-state index in [1.54, 1.807) is 0 Å². The fourth-order valence-electron chi connectivity index (χ4n) is 0.962. The van der Waals surface area contributed by atoms with Crippen molar-refractivity contribution in [2.45, 2.75) is 39.7 Å². The predicted octanol–water partition coefficient (Wildman–Crippen LogP) is 1.40. The molecule has 0 bridgehead atoms. The van der Waals surface area contributed by atoms with E-state index in [4.69, 9.17) is 11.5 Å². The van der Waals surface area contributed by atoms with E-state index in [-0.39, 0.29) is 12.0 Å². The number of hydrogen-bond acceptors (Lipinski definition) is 2. The highest BCUT2D eigenvalue weighted by atomic mass is 16.3. The van der Waals surface area contributed by atoms with Crippen LogP contribution in [0.1, 0.15) is 33.6 Å². The van der Waals surface area contributed by atoms with Crippen molar-refractivity contribution >= 4 is 0 Å². The van der Waals surface area contributed by atoms with Gasteiger partial charge in [0.2, 0.25) is 0 Å². The molecule has 0 saturated carbocycles. The van der Waals surface area contributed by atoms with Crippen LogP contribution in [-0.2, 0) is 0 Å². The lowest BCUT2D eigenvalue weighted by Crippen LogP contribution is -2.38. The Morgan fingerprint density at radius 3 is 2.62 bits per heavy atom. The molecule has 0 fully saturated rings. The van der Waals surface area contributed by atoms with Gasteiger partial charge in [-0.1, -0.05) is 13.8 Å². The summed E-state index contributed by atoms with van der Waals surface area (Å²) >= 11 is 0. The van der Waals surface area contributed by atoms with E-state index in [0.29, 0.717) is 6.04 Å². The van der Waals surface area contributed by atoms with Crippen LogP contribution in [0.2, 0.25) is 0 Å². The third-order valence-electron chi connectivity index (χ3n) is 2.54. The van der Waals surface area contributed by atoms with Gasteiger partial charge in [0.15, 0.2) is 0 Å². The van der Waals surface area contributed by atoms with E-state index < -0.39 is 0 Å². The van der Waals surface area contributed by atoms with Crippen molar-refractivity contribution in [3.8, 4) is 12.3 Å². The minimum Gasteiger partial charge on any atom is -0.396 e. The molecule has 2 unspecified atom stereocenters. The molecule has 2 atom stereocenters. The Morgan fingerprint density at radius 1 is 1.62 bits per heavy atom. The van der Waals surface area contributed by atoms with Crippen molar-refractivity contribution < 1.29 is 5.11 Å². The van der Waals surface area contributed by atoms with E-state index in [1.165, 1.54) is 0 Å². The highest BCUT2D eigenvalue weighted by Gasteiger charge is 2.20. The summed E-state index contributed by atoms with van der Waals surface area (Å²) in [7, 11) is 0. The maximum absolute atomic E-state index is 9.15. The lowest BCUT2D eigenvalue weighted by Gasteiger charge is -2.27. The Hall–Kier alpha value is -0.520. The fraction of sp³-hybridized carbons (Fsp3) is 0.818. The van der Waals surface area contributed by atoms with Gasteiger partial charge in [-0.3, -0.25) is 0 Å². The van der Waals surface area contributed by atoms with Gasteiger partial charge in [0.1, 0.15) is 0 Å². The molecule has 0 aliphatic carbocycles. The maximum Gasteiger partial charge on any atom is 0.0496 e. The van der Waals surface area contributed by atoms with Crippen molar-refractivity contribution in [1.82, 2.24) is 5.32 Å². The molecule has 0 aromatic carbocycles. The number of nitrogens with one attached hydrogen (secondary N) is 1. The molecule has 13 heavy (non-hydrogen) atoms. The molecule has 2 heteroatoms. The predicted molar refractivity (Wildman–Crippen MR) is 56.4 cm³/mol. The average Bonchev–Trinajstić information content (AvgIpc) is 2.15. The summed E-state index contributed by atoms with van der Waals surface area (Å²) in [6.45, 7) is 7.27. The lowest BCUT2D eigenvalue weighted by molar-refractivity contribution is 0.132. The molecule has 0 spiro atoms. The molecule has 0 aromatic rings. The van der Waals surface area contributed by atoms with Crippen molar-refractivity contribution in [3.05, 3.63) is 0 Å². The first-order valence-corrected chi connectivity index (χ1v) is 4.85. The number of aliphatic hydroxyl groups excluding tert-OH is 1. The molecule has 0 aliphatic heterocycles. The van der Waals surface area contributed by atoms with E-state index in [1.807, 2.05) is 0 Å². The third-order valence-corrected chi connectivity index (χ3v) is 2.54. The molecule has 0 rings (SSSR count). The Kier molecular flexibility index (Phi) is 5.77. The summed E-state index contributed by atoms with van der Waals surface area (Å²) in [6, 6.07) is 0.336. The quantitative estimate of drug-likeness (QED) is 0.610. The Bertz CT molecular complexity index is 167. The third kappa shape index (κ3) is 4.92. The summed E-state index contributed by atoms with van der Waals surface area (Å²) in [5, 5.41) is 12.5. The van der Waals surface area contributed by atoms with Crippen LogP contribution < -0.4 is 5.32 Å². The van der Waals surface area contributed by atoms with E-state index in [9.17, 15) is 0 Å². The second-order valence-corrected chi connectivity index (χ2v) is 4.01. The Balaban J connectivity index is 3.79. The van der Waals surface area contributed by atoms with Crippen LogP contribution in [-0.4, -0.2) is 24.3 Å². The van der Waals surface area contributed by atoms with Gasteiger partial charge in [-0.05, 0) is 13.3 Å². The van der Waals surface area contributed by atoms with Gasteiger partial charge in [-0.25, -0.2) is 0 Å². The smallest absolute Gasteiger partial charge is 0.0496 e. The standard InChI is InChI=1S/C11H21NO/c1-5-7-10(3)12-8-11(4,6-2)9-13/h1,10,12-13H,6-9H2,2-4H3. The van der Waals surface area contributed by atoms with Gasteiger partial charge < -0.3 is 10.4 Å². The number of aliphatic hydroxyl groups is 1. The van der Waals surface area contributed by atoms with Crippen LogP contribution in [0.3, 0.4) is 0 Å². The highest BCUT2D eigenvalue weighted by Crippen LogP contribution is 2.18. The van der Waals surface area contributed by atoms with Gasteiger partial charge in [0.05, 0.1) is 0 Å². The molecule has 2 N–H and O–H groups in total.